The van der Waals surface area contributed by atoms with Crippen LogP contribution in [-0.2, 0) is 9.47 Å². The molecule has 0 spiro atoms. The lowest BCUT2D eigenvalue weighted by Gasteiger charge is -2.19. The molecule has 3 heteroatoms. The molecular formula is C10H19NO2. The molecule has 13 heavy (non-hydrogen) atoms. The molecule has 0 aliphatic carbocycles. The third kappa shape index (κ3) is 7.71. The predicted molar refractivity (Wildman–Crippen MR) is 54.4 cm³/mol. The molecule has 0 aliphatic rings. The van der Waals surface area contributed by atoms with Crippen LogP contribution in [0.25, 0.3) is 0 Å². The fourth-order valence-electron chi connectivity index (χ4n) is 0.852. The van der Waals surface area contributed by atoms with Gasteiger partial charge in [0.25, 0.3) is 0 Å². The first kappa shape index (κ1) is 12.4. The summed E-state index contributed by atoms with van der Waals surface area (Å²) < 4.78 is 10.6. The zero-order chi connectivity index (χ0) is 10.1. The fraction of sp³-hybridized carbons (Fsp3) is 0.600. The molecule has 0 aliphatic heterocycles. The average molecular weight is 185 g/mol. The lowest BCUT2D eigenvalue weighted by Crippen LogP contribution is -2.38. The highest BCUT2D eigenvalue weighted by atomic mass is 16.5. The normalized spacial score (nSPS) is 14.9. The second kappa shape index (κ2) is 7.98. The van der Waals surface area contributed by atoms with Crippen molar-refractivity contribution in [2.24, 2.45) is 0 Å². The van der Waals surface area contributed by atoms with Gasteiger partial charge < -0.3 is 9.47 Å². The summed E-state index contributed by atoms with van der Waals surface area (Å²) in [6.45, 7) is 12.1. The van der Waals surface area contributed by atoms with E-state index in [2.05, 4.69) is 18.5 Å². The Kier molecular flexibility index (Phi) is 7.59. The second-order valence-corrected chi connectivity index (χ2v) is 2.70. The van der Waals surface area contributed by atoms with Crippen LogP contribution in [0.15, 0.2) is 25.3 Å². The second-order valence-electron chi connectivity index (χ2n) is 2.70. The Morgan fingerprint density at radius 2 is 1.46 bits per heavy atom. The monoisotopic (exact) mass is 185 g/mol. The molecule has 0 aromatic carbocycles. The molecule has 3 nitrogen and oxygen atoms in total. The Morgan fingerprint density at radius 3 is 1.77 bits per heavy atom. The summed E-state index contributed by atoms with van der Waals surface area (Å²) in [5.41, 5.74) is 0. The summed E-state index contributed by atoms with van der Waals surface area (Å²) in [7, 11) is 0. The smallest absolute Gasteiger partial charge is 0.107 e. The molecule has 0 rings (SSSR count). The van der Waals surface area contributed by atoms with Crippen LogP contribution in [0.4, 0.5) is 0 Å². The molecule has 0 fully saturated rings. The van der Waals surface area contributed by atoms with Gasteiger partial charge in [-0.15, -0.1) is 13.2 Å². The Bertz CT molecular complexity index is 132. The van der Waals surface area contributed by atoms with E-state index in [-0.39, 0.29) is 12.5 Å². The standard InChI is InChI=1S/C10H19NO2/c1-5-7-12-9(3)11-10(4)13-8-6-2/h5-6,9-11H,1-2,7-8H2,3-4H3. The molecule has 0 radical (unpaired) electrons. The maximum absolute atomic E-state index is 5.31. The fourth-order valence-corrected chi connectivity index (χ4v) is 0.852. The molecule has 0 saturated carbocycles. The highest BCUT2D eigenvalue weighted by Crippen LogP contribution is 1.92. The summed E-state index contributed by atoms with van der Waals surface area (Å²) in [5.74, 6) is 0. The number of ether oxygens (including phenoxy) is 2. The van der Waals surface area contributed by atoms with Crippen LogP contribution < -0.4 is 5.32 Å². The van der Waals surface area contributed by atoms with Gasteiger partial charge in [0.2, 0.25) is 0 Å². The van der Waals surface area contributed by atoms with E-state index in [9.17, 15) is 0 Å². The largest absolute Gasteiger partial charge is 0.360 e. The van der Waals surface area contributed by atoms with Crippen molar-refractivity contribution in [2.75, 3.05) is 13.2 Å². The van der Waals surface area contributed by atoms with Crippen molar-refractivity contribution in [3.8, 4) is 0 Å². The Hall–Kier alpha value is -0.640. The molecule has 0 amide bonds. The average Bonchev–Trinajstić information content (AvgIpc) is 2.11. The minimum atomic E-state index is -0.0298. The van der Waals surface area contributed by atoms with E-state index in [1.165, 1.54) is 0 Å². The van der Waals surface area contributed by atoms with Crippen molar-refractivity contribution in [3.05, 3.63) is 25.3 Å². The summed E-state index contributed by atoms with van der Waals surface area (Å²) in [4.78, 5) is 0. The van der Waals surface area contributed by atoms with E-state index < -0.39 is 0 Å². The first-order valence-corrected chi connectivity index (χ1v) is 4.41. The Labute approximate surface area is 80.4 Å². The van der Waals surface area contributed by atoms with Gasteiger partial charge in [-0.25, -0.2) is 0 Å². The van der Waals surface area contributed by atoms with Crippen LogP contribution in [0.1, 0.15) is 13.8 Å². The van der Waals surface area contributed by atoms with E-state index in [1.54, 1.807) is 12.2 Å². The van der Waals surface area contributed by atoms with Crippen LogP contribution in [0.3, 0.4) is 0 Å². The third-order valence-electron chi connectivity index (χ3n) is 1.40. The maximum Gasteiger partial charge on any atom is 0.107 e. The lowest BCUT2D eigenvalue weighted by molar-refractivity contribution is -0.0145. The van der Waals surface area contributed by atoms with Crippen LogP contribution >= 0.6 is 0 Å². The lowest BCUT2D eigenvalue weighted by atomic mass is 10.5. The van der Waals surface area contributed by atoms with Gasteiger partial charge in [0.05, 0.1) is 13.2 Å². The highest BCUT2D eigenvalue weighted by Gasteiger charge is 2.05. The number of hydrogen-bond donors (Lipinski definition) is 1. The summed E-state index contributed by atoms with van der Waals surface area (Å²) in [6, 6.07) is 0. The van der Waals surface area contributed by atoms with Gasteiger partial charge >= 0.3 is 0 Å². The molecule has 0 aromatic rings. The van der Waals surface area contributed by atoms with E-state index in [4.69, 9.17) is 9.47 Å². The zero-order valence-electron chi connectivity index (χ0n) is 8.45. The van der Waals surface area contributed by atoms with Crippen LogP contribution in [0.2, 0.25) is 0 Å². The number of rotatable bonds is 8. The van der Waals surface area contributed by atoms with Gasteiger partial charge in [0, 0.05) is 0 Å². The van der Waals surface area contributed by atoms with E-state index in [1.807, 2.05) is 13.8 Å². The van der Waals surface area contributed by atoms with E-state index in [0.29, 0.717) is 13.2 Å². The van der Waals surface area contributed by atoms with Crippen molar-refractivity contribution in [3.63, 3.8) is 0 Å². The van der Waals surface area contributed by atoms with Crippen LogP contribution in [-0.4, -0.2) is 25.7 Å². The van der Waals surface area contributed by atoms with Crippen molar-refractivity contribution in [1.29, 1.82) is 0 Å². The number of hydrogen-bond acceptors (Lipinski definition) is 3. The SMILES string of the molecule is C=CCOC(C)NC(C)OCC=C. The minimum Gasteiger partial charge on any atom is -0.360 e. The van der Waals surface area contributed by atoms with E-state index in [0.717, 1.165) is 0 Å². The quantitative estimate of drug-likeness (QED) is 0.461. The minimum absolute atomic E-state index is 0.0298. The maximum atomic E-state index is 5.31. The Morgan fingerprint density at radius 1 is 1.08 bits per heavy atom. The predicted octanol–water partition coefficient (Wildman–Crippen LogP) is 1.67. The Balaban J connectivity index is 3.45. The molecular weight excluding hydrogens is 166 g/mol. The molecule has 0 aromatic heterocycles. The zero-order valence-corrected chi connectivity index (χ0v) is 8.45. The third-order valence-corrected chi connectivity index (χ3v) is 1.40. The van der Waals surface area contributed by atoms with Gasteiger partial charge in [-0.05, 0) is 13.8 Å². The molecule has 1 N–H and O–H groups in total. The van der Waals surface area contributed by atoms with Crippen molar-refractivity contribution in [1.82, 2.24) is 5.32 Å². The van der Waals surface area contributed by atoms with Crippen molar-refractivity contribution < 1.29 is 9.47 Å². The van der Waals surface area contributed by atoms with Gasteiger partial charge in [0.1, 0.15) is 12.5 Å². The summed E-state index contributed by atoms with van der Waals surface area (Å²) in [6.07, 6.45) is 3.37. The summed E-state index contributed by atoms with van der Waals surface area (Å²) >= 11 is 0. The first-order valence-electron chi connectivity index (χ1n) is 4.41. The number of nitrogens with one attached hydrogen (secondary N) is 1. The van der Waals surface area contributed by atoms with Gasteiger partial charge in [-0.1, -0.05) is 12.2 Å². The van der Waals surface area contributed by atoms with Crippen LogP contribution in [0.5, 0.6) is 0 Å². The van der Waals surface area contributed by atoms with Gasteiger partial charge in [-0.3, -0.25) is 5.32 Å². The van der Waals surface area contributed by atoms with Crippen LogP contribution in [0, 0.1) is 0 Å². The van der Waals surface area contributed by atoms with Crippen molar-refractivity contribution >= 4 is 0 Å². The van der Waals surface area contributed by atoms with Gasteiger partial charge in [0.15, 0.2) is 0 Å². The molecule has 2 unspecified atom stereocenters. The molecule has 76 valence electrons. The first-order chi connectivity index (χ1) is 6.20. The highest BCUT2D eigenvalue weighted by molar-refractivity contribution is 4.67. The molecule has 0 saturated heterocycles. The molecule has 2 atom stereocenters. The topological polar surface area (TPSA) is 30.5 Å². The summed E-state index contributed by atoms with van der Waals surface area (Å²) in [5, 5.41) is 3.11. The molecule has 0 bridgehead atoms. The molecule has 0 heterocycles. The van der Waals surface area contributed by atoms with E-state index >= 15 is 0 Å². The van der Waals surface area contributed by atoms with Crippen molar-refractivity contribution in [2.45, 2.75) is 26.3 Å². The van der Waals surface area contributed by atoms with Gasteiger partial charge in [-0.2, -0.15) is 0 Å².